The molecule has 1 amide bonds. The lowest BCUT2D eigenvalue weighted by atomic mass is 10.00. The smallest absolute Gasteiger partial charge is 0.280 e. The number of benzene rings is 2. The molecule has 2 atom stereocenters. The molecule has 2 fully saturated rings. The van der Waals surface area contributed by atoms with Gasteiger partial charge in [0.15, 0.2) is 0 Å². The molecule has 0 spiro atoms. The highest BCUT2D eigenvalue weighted by Crippen LogP contribution is 2.27. The summed E-state index contributed by atoms with van der Waals surface area (Å²) < 4.78 is 28.1. The maximum Gasteiger partial charge on any atom is 0.280 e. The first-order valence-corrected chi connectivity index (χ1v) is 11.3. The molecule has 0 saturated carbocycles. The van der Waals surface area contributed by atoms with Gasteiger partial charge in [0, 0.05) is 37.7 Å². The fraction of sp³-hybridized carbons (Fsp3) is 0.458. The number of halogens is 3. The first-order valence-electron chi connectivity index (χ1n) is 10.9. The highest BCUT2D eigenvalue weighted by Gasteiger charge is 2.45. The van der Waals surface area contributed by atoms with Crippen LogP contribution >= 0.6 is 11.6 Å². The summed E-state index contributed by atoms with van der Waals surface area (Å²) in [5.41, 5.74) is 8.89. The van der Waals surface area contributed by atoms with Crippen LogP contribution in [0.5, 0.6) is 0 Å². The third-order valence-electron chi connectivity index (χ3n) is 6.52. The second-order valence-electron chi connectivity index (χ2n) is 8.85. The molecule has 2 aliphatic heterocycles. The van der Waals surface area contributed by atoms with Crippen molar-refractivity contribution in [2.45, 2.75) is 31.0 Å². The fourth-order valence-electron chi connectivity index (χ4n) is 4.40. The van der Waals surface area contributed by atoms with E-state index in [0.717, 1.165) is 23.2 Å². The van der Waals surface area contributed by atoms with Gasteiger partial charge in [0.1, 0.15) is 6.04 Å². The van der Waals surface area contributed by atoms with Crippen LogP contribution < -0.4 is 5.73 Å². The molecule has 172 valence electrons. The summed E-state index contributed by atoms with van der Waals surface area (Å²) in [6, 6.07) is 14.5. The topological polar surface area (TPSA) is 52.8 Å². The molecular formula is C24H29ClF2N4O. The number of hydrogen-bond donors (Lipinski definition) is 1. The van der Waals surface area contributed by atoms with E-state index in [1.807, 2.05) is 36.2 Å². The van der Waals surface area contributed by atoms with E-state index in [-0.39, 0.29) is 18.9 Å². The molecule has 0 bridgehead atoms. The number of alkyl halides is 2. The molecule has 2 heterocycles. The van der Waals surface area contributed by atoms with E-state index < -0.39 is 24.6 Å². The predicted molar refractivity (Wildman–Crippen MR) is 123 cm³/mol. The Bertz CT molecular complexity index is 938. The fourth-order valence-corrected chi connectivity index (χ4v) is 4.53. The van der Waals surface area contributed by atoms with Gasteiger partial charge in [-0.05, 0) is 42.3 Å². The van der Waals surface area contributed by atoms with Gasteiger partial charge in [-0.3, -0.25) is 14.6 Å². The van der Waals surface area contributed by atoms with Crippen molar-refractivity contribution in [3.05, 3.63) is 59.1 Å². The molecule has 2 aromatic rings. The van der Waals surface area contributed by atoms with E-state index in [0.29, 0.717) is 24.7 Å². The summed E-state index contributed by atoms with van der Waals surface area (Å²) in [5.74, 6) is -3.27. The van der Waals surface area contributed by atoms with Crippen LogP contribution in [0.2, 0.25) is 5.02 Å². The molecular weight excluding hydrogens is 434 g/mol. The van der Waals surface area contributed by atoms with Crippen LogP contribution in [0, 0.1) is 0 Å². The van der Waals surface area contributed by atoms with Crippen molar-refractivity contribution >= 4 is 17.5 Å². The Morgan fingerprint density at radius 2 is 1.69 bits per heavy atom. The Balaban J connectivity index is 1.39. The van der Waals surface area contributed by atoms with Gasteiger partial charge in [0.2, 0.25) is 5.91 Å². The van der Waals surface area contributed by atoms with Gasteiger partial charge in [-0.2, -0.15) is 0 Å². The lowest BCUT2D eigenvalue weighted by Crippen LogP contribution is -2.62. The molecule has 2 aliphatic rings. The quantitative estimate of drug-likeness (QED) is 0.757. The largest absolute Gasteiger partial charge is 0.335 e. The number of carbonyl (C=O) groups is 1. The molecule has 0 aromatic heterocycles. The number of likely N-dealkylation sites (tertiary alicyclic amines) is 1. The van der Waals surface area contributed by atoms with Crippen molar-refractivity contribution in [3.63, 3.8) is 0 Å². The van der Waals surface area contributed by atoms with E-state index in [1.54, 1.807) is 0 Å². The Morgan fingerprint density at radius 1 is 1.06 bits per heavy atom. The van der Waals surface area contributed by atoms with Crippen molar-refractivity contribution in [1.82, 2.24) is 14.7 Å². The zero-order valence-electron chi connectivity index (χ0n) is 18.2. The molecule has 0 aliphatic carbocycles. The van der Waals surface area contributed by atoms with Gasteiger partial charge < -0.3 is 10.6 Å². The third-order valence-corrected chi connectivity index (χ3v) is 6.77. The SMILES string of the molecule is CN1CCN(Cc2ccc(-c3ccc(Cl)cc3)cc2)C[C@H]1C(=O)N1CC[C@@H](N)C(F)(F)C1. The number of amides is 1. The zero-order chi connectivity index (χ0) is 22.9. The number of nitrogens with two attached hydrogens (primary N) is 1. The average molecular weight is 463 g/mol. The highest BCUT2D eigenvalue weighted by molar-refractivity contribution is 6.30. The summed E-state index contributed by atoms with van der Waals surface area (Å²) in [5, 5.41) is 0.709. The number of rotatable bonds is 4. The van der Waals surface area contributed by atoms with E-state index in [9.17, 15) is 13.6 Å². The van der Waals surface area contributed by atoms with Crippen LogP contribution in [0.25, 0.3) is 11.1 Å². The molecule has 2 saturated heterocycles. The van der Waals surface area contributed by atoms with Crippen LogP contribution in [0.4, 0.5) is 8.78 Å². The van der Waals surface area contributed by atoms with Crippen molar-refractivity contribution < 1.29 is 13.6 Å². The number of hydrogen-bond acceptors (Lipinski definition) is 4. The summed E-state index contributed by atoms with van der Waals surface area (Å²) in [4.78, 5) is 18.5. The summed E-state index contributed by atoms with van der Waals surface area (Å²) in [6.07, 6.45) is 0.124. The van der Waals surface area contributed by atoms with Crippen LogP contribution in [0.3, 0.4) is 0 Å². The average Bonchev–Trinajstić information content (AvgIpc) is 2.77. The molecule has 4 rings (SSSR count). The number of piperidine rings is 1. The van der Waals surface area contributed by atoms with Gasteiger partial charge in [0.25, 0.3) is 5.92 Å². The van der Waals surface area contributed by atoms with Gasteiger partial charge in [-0.15, -0.1) is 0 Å². The van der Waals surface area contributed by atoms with Crippen LogP contribution in [-0.4, -0.2) is 78.4 Å². The molecule has 0 radical (unpaired) electrons. The normalized spacial score (nSPS) is 24.5. The predicted octanol–water partition coefficient (Wildman–Crippen LogP) is 3.32. The van der Waals surface area contributed by atoms with E-state index in [4.69, 9.17) is 17.3 Å². The number of likely N-dealkylation sites (N-methyl/N-ethyl adjacent to an activating group) is 1. The van der Waals surface area contributed by atoms with Crippen LogP contribution in [-0.2, 0) is 11.3 Å². The van der Waals surface area contributed by atoms with E-state index in [1.165, 1.54) is 4.90 Å². The van der Waals surface area contributed by atoms with Crippen molar-refractivity contribution in [2.24, 2.45) is 5.73 Å². The van der Waals surface area contributed by atoms with Gasteiger partial charge in [-0.1, -0.05) is 48.0 Å². The van der Waals surface area contributed by atoms with Gasteiger partial charge >= 0.3 is 0 Å². The molecule has 0 unspecified atom stereocenters. The van der Waals surface area contributed by atoms with Gasteiger partial charge in [0.05, 0.1) is 12.6 Å². The zero-order valence-corrected chi connectivity index (χ0v) is 18.9. The van der Waals surface area contributed by atoms with E-state index >= 15 is 0 Å². The second-order valence-corrected chi connectivity index (χ2v) is 9.29. The van der Waals surface area contributed by atoms with Crippen molar-refractivity contribution in [3.8, 4) is 11.1 Å². The lowest BCUT2D eigenvalue weighted by molar-refractivity contribution is -0.150. The monoisotopic (exact) mass is 462 g/mol. The number of nitrogens with zero attached hydrogens (tertiary/aromatic N) is 3. The minimum Gasteiger partial charge on any atom is -0.335 e. The van der Waals surface area contributed by atoms with Crippen molar-refractivity contribution in [1.29, 1.82) is 0 Å². The molecule has 2 N–H and O–H groups in total. The van der Waals surface area contributed by atoms with Crippen molar-refractivity contribution in [2.75, 3.05) is 39.8 Å². The number of carbonyl (C=O) groups excluding carboxylic acids is 1. The maximum absolute atomic E-state index is 14.1. The summed E-state index contributed by atoms with van der Waals surface area (Å²) in [7, 11) is 1.88. The molecule has 5 nitrogen and oxygen atoms in total. The minimum atomic E-state index is -3.04. The molecule has 2 aromatic carbocycles. The Morgan fingerprint density at radius 3 is 2.31 bits per heavy atom. The summed E-state index contributed by atoms with van der Waals surface area (Å²) in [6.45, 7) is 2.45. The minimum absolute atomic E-state index is 0.124. The van der Waals surface area contributed by atoms with Gasteiger partial charge in [-0.25, -0.2) is 8.78 Å². The highest BCUT2D eigenvalue weighted by atomic mass is 35.5. The Labute approximate surface area is 192 Å². The van der Waals surface area contributed by atoms with Crippen LogP contribution in [0.15, 0.2) is 48.5 Å². The van der Waals surface area contributed by atoms with E-state index in [2.05, 4.69) is 29.2 Å². The number of piperazine rings is 1. The first-order chi connectivity index (χ1) is 15.2. The van der Waals surface area contributed by atoms with Crippen LogP contribution in [0.1, 0.15) is 12.0 Å². The second kappa shape index (κ2) is 9.43. The molecule has 8 heteroatoms. The summed E-state index contributed by atoms with van der Waals surface area (Å²) >= 11 is 5.97. The standard InChI is InChI=1S/C24H29ClF2N4O/c1-29-12-13-30(15-21(29)23(32)31-11-10-22(28)24(26,27)16-31)14-17-2-4-18(5-3-17)19-6-8-20(25)9-7-19/h2-9,21-22H,10-16,28H2,1H3/t21-,22+/m0/s1. The maximum atomic E-state index is 14.1. The Kier molecular flexibility index (Phi) is 6.81. The third kappa shape index (κ3) is 5.12. The lowest BCUT2D eigenvalue weighted by Gasteiger charge is -2.43. The molecule has 32 heavy (non-hydrogen) atoms. The first kappa shape index (κ1) is 23.1. The Hall–Kier alpha value is -2.06.